The smallest absolute Gasteiger partial charge is 0.228 e. The Kier molecular flexibility index (Phi) is 8.44. The Morgan fingerprint density at radius 3 is 2.79 bits per heavy atom. The first-order chi connectivity index (χ1) is 11.1. The van der Waals surface area contributed by atoms with E-state index in [1.807, 2.05) is 11.4 Å². The second-order valence-electron chi connectivity index (χ2n) is 4.73. The van der Waals surface area contributed by atoms with Gasteiger partial charge in [0, 0.05) is 24.6 Å². The number of halogens is 2. The lowest BCUT2D eigenvalue weighted by Crippen LogP contribution is -2.28. The summed E-state index contributed by atoms with van der Waals surface area (Å²) in [6, 6.07) is 5.41. The maximum absolute atomic E-state index is 11.9. The van der Waals surface area contributed by atoms with Gasteiger partial charge < -0.3 is 20.5 Å². The molecule has 0 radical (unpaired) electrons. The zero-order chi connectivity index (χ0) is 16.8. The zero-order valence-corrected chi connectivity index (χ0v) is 15.6. The van der Waals surface area contributed by atoms with Crippen LogP contribution in [0.4, 0.5) is 5.13 Å². The molecule has 0 bridgehead atoms. The molecule has 2 rings (SSSR count). The minimum absolute atomic E-state index is 0. The minimum atomic E-state index is -0.296. The third-order valence-corrected chi connectivity index (χ3v) is 4.26. The van der Waals surface area contributed by atoms with Gasteiger partial charge in [-0.15, -0.1) is 23.7 Å². The highest BCUT2D eigenvalue weighted by Gasteiger charge is 2.14. The second kappa shape index (κ2) is 9.80. The Labute approximate surface area is 155 Å². The molecule has 0 aliphatic rings. The lowest BCUT2D eigenvalue weighted by Gasteiger charge is -2.11. The lowest BCUT2D eigenvalue weighted by atomic mass is 10.2. The Balaban J connectivity index is 0.00000288. The SMILES string of the molecule is COc1ccc(-c2csc(NC(=O)CC(CN)OC)n2)cc1Cl.Cl. The maximum atomic E-state index is 11.9. The van der Waals surface area contributed by atoms with E-state index < -0.39 is 0 Å². The van der Waals surface area contributed by atoms with Gasteiger partial charge in [0.15, 0.2) is 5.13 Å². The van der Waals surface area contributed by atoms with Crippen LogP contribution in [-0.2, 0) is 9.53 Å². The average molecular weight is 392 g/mol. The van der Waals surface area contributed by atoms with Crippen LogP contribution in [0.15, 0.2) is 23.6 Å². The van der Waals surface area contributed by atoms with Gasteiger partial charge in [-0.2, -0.15) is 0 Å². The molecule has 0 aliphatic heterocycles. The Hall–Kier alpha value is -1.38. The molecule has 1 unspecified atom stereocenters. The van der Waals surface area contributed by atoms with Gasteiger partial charge >= 0.3 is 0 Å². The second-order valence-corrected chi connectivity index (χ2v) is 6.00. The molecular weight excluding hydrogens is 373 g/mol. The summed E-state index contributed by atoms with van der Waals surface area (Å²) in [4.78, 5) is 16.3. The lowest BCUT2D eigenvalue weighted by molar-refractivity contribution is -0.118. The van der Waals surface area contributed by atoms with Crippen LogP contribution in [0.2, 0.25) is 5.02 Å². The number of hydrogen-bond donors (Lipinski definition) is 2. The van der Waals surface area contributed by atoms with Gasteiger partial charge in [-0.3, -0.25) is 4.79 Å². The van der Waals surface area contributed by atoms with Gasteiger partial charge in [0.05, 0.1) is 30.4 Å². The number of nitrogens with one attached hydrogen (secondary N) is 1. The van der Waals surface area contributed by atoms with Gasteiger partial charge in [0.2, 0.25) is 5.91 Å². The van der Waals surface area contributed by atoms with E-state index in [1.54, 1.807) is 19.2 Å². The number of ether oxygens (including phenoxy) is 2. The van der Waals surface area contributed by atoms with E-state index in [9.17, 15) is 4.79 Å². The van der Waals surface area contributed by atoms with Crippen molar-refractivity contribution in [1.29, 1.82) is 0 Å². The van der Waals surface area contributed by atoms with E-state index in [0.29, 0.717) is 15.9 Å². The number of carbonyl (C=O) groups excluding carboxylic acids is 1. The third kappa shape index (κ3) is 5.32. The van der Waals surface area contributed by atoms with Crippen molar-refractivity contribution in [2.24, 2.45) is 5.73 Å². The molecule has 0 spiro atoms. The van der Waals surface area contributed by atoms with E-state index in [0.717, 1.165) is 11.3 Å². The standard InChI is InChI=1S/C15H18ClN3O3S.ClH/c1-21-10(7-17)6-14(20)19-15-18-12(8-23-15)9-3-4-13(22-2)11(16)5-9;/h3-5,8,10H,6-7,17H2,1-2H3,(H,18,19,20);1H. The summed E-state index contributed by atoms with van der Waals surface area (Å²) < 4.78 is 10.2. The maximum Gasteiger partial charge on any atom is 0.228 e. The van der Waals surface area contributed by atoms with Crippen LogP contribution in [0.3, 0.4) is 0 Å². The minimum Gasteiger partial charge on any atom is -0.495 e. The summed E-state index contributed by atoms with van der Waals surface area (Å²) in [5, 5.41) is 5.62. The number of benzene rings is 1. The number of aromatic nitrogens is 1. The molecular formula is C15H19Cl2N3O3S. The Morgan fingerprint density at radius 2 is 2.21 bits per heavy atom. The van der Waals surface area contributed by atoms with Crippen molar-refractivity contribution in [2.75, 3.05) is 26.1 Å². The highest BCUT2D eigenvalue weighted by atomic mass is 35.5. The van der Waals surface area contributed by atoms with Gasteiger partial charge in [0.25, 0.3) is 0 Å². The van der Waals surface area contributed by atoms with E-state index in [1.165, 1.54) is 18.4 Å². The van der Waals surface area contributed by atoms with Gasteiger partial charge in [-0.25, -0.2) is 4.98 Å². The molecule has 1 atom stereocenters. The quantitative estimate of drug-likeness (QED) is 0.756. The number of nitrogens with zero attached hydrogens (tertiary/aromatic N) is 1. The van der Waals surface area contributed by atoms with Gasteiger partial charge in [0.1, 0.15) is 5.75 Å². The topological polar surface area (TPSA) is 86.5 Å². The fourth-order valence-corrected chi connectivity index (χ4v) is 2.92. The Bertz CT molecular complexity index is 678. The normalized spacial score (nSPS) is 11.5. The molecule has 0 saturated carbocycles. The van der Waals surface area contributed by atoms with Crippen LogP contribution in [-0.4, -0.2) is 37.8 Å². The molecule has 3 N–H and O–H groups in total. The fourth-order valence-electron chi connectivity index (χ4n) is 1.93. The van der Waals surface area contributed by atoms with Crippen molar-refractivity contribution >= 4 is 46.4 Å². The summed E-state index contributed by atoms with van der Waals surface area (Å²) in [6.07, 6.45) is -0.106. The molecule has 6 nitrogen and oxygen atoms in total. The summed E-state index contributed by atoms with van der Waals surface area (Å²) in [5.41, 5.74) is 7.09. The number of carbonyl (C=O) groups is 1. The summed E-state index contributed by atoms with van der Waals surface area (Å²) in [5.74, 6) is 0.419. The molecule has 9 heteroatoms. The van der Waals surface area contributed by atoms with E-state index in [2.05, 4.69) is 10.3 Å². The average Bonchev–Trinajstić information content (AvgIpc) is 3.00. The Morgan fingerprint density at radius 1 is 1.46 bits per heavy atom. The zero-order valence-electron chi connectivity index (χ0n) is 13.2. The summed E-state index contributed by atoms with van der Waals surface area (Å²) in [7, 11) is 3.09. The molecule has 1 heterocycles. The van der Waals surface area contributed by atoms with Crippen LogP contribution in [0.25, 0.3) is 11.3 Å². The largest absolute Gasteiger partial charge is 0.495 e. The van der Waals surface area contributed by atoms with Crippen LogP contribution in [0.1, 0.15) is 6.42 Å². The summed E-state index contributed by atoms with van der Waals surface area (Å²) >= 11 is 7.46. The van der Waals surface area contributed by atoms with E-state index in [-0.39, 0.29) is 37.4 Å². The number of anilines is 1. The number of hydrogen-bond acceptors (Lipinski definition) is 6. The van der Waals surface area contributed by atoms with Crippen molar-refractivity contribution in [2.45, 2.75) is 12.5 Å². The molecule has 2 aromatic rings. The van der Waals surface area contributed by atoms with Gasteiger partial charge in [-0.1, -0.05) is 11.6 Å². The number of methoxy groups -OCH3 is 2. The monoisotopic (exact) mass is 391 g/mol. The number of rotatable bonds is 7. The molecule has 1 aromatic heterocycles. The van der Waals surface area contributed by atoms with Crippen molar-refractivity contribution in [1.82, 2.24) is 4.98 Å². The van der Waals surface area contributed by atoms with E-state index in [4.69, 9.17) is 26.8 Å². The first kappa shape index (κ1) is 20.7. The van der Waals surface area contributed by atoms with Crippen molar-refractivity contribution in [3.05, 3.63) is 28.6 Å². The molecule has 0 fully saturated rings. The molecule has 0 aliphatic carbocycles. The highest BCUT2D eigenvalue weighted by molar-refractivity contribution is 7.14. The molecule has 0 saturated heterocycles. The fraction of sp³-hybridized carbons (Fsp3) is 0.333. The third-order valence-electron chi connectivity index (χ3n) is 3.21. The van der Waals surface area contributed by atoms with Crippen LogP contribution in [0, 0.1) is 0 Å². The molecule has 1 amide bonds. The van der Waals surface area contributed by atoms with Crippen LogP contribution in [0.5, 0.6) is 5.75 Å². The van der Waals surface area contributed by atoms with Gasteiger partial charge in [-0.05, 0) is 18.2 Å². The van der Waals surface area contributed by atoms with Crippen LogP contribution >= 0.6 is 35.3 Å². The van der Waals surface area contributed by atoms with Crippen LogP contribution < -0.4 is 15.8 Å². The predicted molar refractivity (Wildman–Crippen MR) is 99.5 cm³/mol. The number of amides is 1. The molecule has 132 valence electrons. The van der Waals surface area contributed by atoms with Crippen molar-refractivity contribution in [3.63, 3.8) is 0 Å². The summed E-state index contributed by atoms with van der Waals surface area (Å²) in [6.45, 7) is 0.289. The first-order valence-electron chi connectivity index (χ1n) is 6.89. The molecule has 24 heavy (non-hydrogen) atoms. The predicted octanol–water partition coefficient (Wildman–Crippen LogP) is 3.20. The number of nitrogens with two attached hydrogens (primary N) is 1. The van der Waals surface area contributed by atoms with E-state index >= 15 is 0 Å². The van der Waals surface area contributed by atoms with Crippen molar-refractivity contribution < 1.29 is 14.3 Å². The first-order valence-corrected chi connectivity index (χ1v) is 8.15. The highest BCUT2D eigenvalue weighted by Crippen LogP contribution is 2.31. The molecule has 1 aromatic carbocycles. The van der Waals surface area contributed by atoms with Crippen molar-refractivity contribution in [3.8, 4) is 17.0 Å². The number of thiazole rings is 1.